The second kappa shape index (κ2) is 7.50. The molecule has 2 N–H and O–H groups in total. The SMILES string of the molecule is CC(C)(C)S(=O)(=O)Cc1cc(Cc2nc(Cl)ncc2C(N)=O)ccc1Cl. The minimum absolute atomic E-state index is 0.00510. The third kappa shape index (κ3) is 4.72. The number of hydrogen-bond acceptors (Lipinski definition) is 5. The van der Waals surface area contributed by atoms with Gasteiger partial charge in [-0.2, -0.15) is 0 Å². The maximum atomic E-state index is 12.5. The molecule has 140 valence electrons. The van der Waals surface area contributed by atoms with E-state index in [1.807, 2.05) is 0 Å². The lowest BCUT2D eigenvalue weighted by Crippen LogP contribution is -2.29. The molecular weight excluding hydrogens is 397 g/mol. The van der Waals surface area contributed by atoms with E-state index in [4.69, 9.17) is 28.9 Å². The van der Waals surface area contributed by atoms with Crippen molar-refractivity contribution < 1.29 is 13.2 Å². The fraction of sp³-hybridized carbons (Fsp3) is 0.353. The van der Waals surface area contributed by atoms with Crippen molar-refractivity contribution in [2.24, 2.45) is 5.73 Å². The van der Waals surface area contributed by atoms with Gasteiger partial charge in [0.15, 0.2) is 9.84 Å². The molecule has 1 amide bonds. The van der Waals surface area contributed by atoms with Gasteiger partial charge in [0.05, 0.1) is 21.8 Å². The van der Waals surface area contributed by atoms with E-state index in [1.165, 1.54) is 6.20 Å². The zero-order valence-electron chi connectivity index (χ0n) is 14.6. The molecule has 6 nitrogen and oxygen atoms in total. The van der Waals surface area contributed by atoms with E-state index in [9.17, 15) is 13.2 Å². The van der Waals surface area contributed by atoms with Gasteiger partial charge < -0.3 is 5.73 Å². The summed E-state index contributed by atoms with van der Waals surface area (Å²) in [4.78, 5) is 19.4. The number of carbonyl (C=O) groups excluding carboxylic acids is 1. The van der Waals surface area contributed by atoms with Crippen LogP contribution >= 0.6 is 23.2 Å². The van der Waals surface area contributed by atoms with Crippen molar-refractivity contribution in [2.75, 3.05) is 0 Å². The number of amides is 1. The van der Waals surface area contributed by atoms with Gasteiger partial charge in [0, 0.05) is 17.6 Å². The van der Waals surface area contributed by atoms with Crippen molar-refractivity contribution in [3.05, 3.63) is 57.1 Å². The zero-order chi connectivity index (χ0) is 19.7. The molecule has 0 aliphatic carbocycles. The number of primary amides is 1. The Balaban J connectivity index is 2.40. The molecule has 9 heteroatoms. The molecule has 0 bridgehead atoms. The molecule has 0 spiro atoms. The largest absolute Gasteiger partial charge is 0.365 e. The van der Waals surface area contributed by atoms with E-state index < -0.39 is 20.5 Å². The van der Waals surface area contributed by atoms with Crippen molar-refractivity contribution in [1.29, 1.82) is 0 Å². The third-order valence-electron chi connectivity index (χ3n) is 3.86. The van der Waals surface area contributed by atoms with Gasteiger partial charge in [-0.3, -0.25) is 4.79 Å². The summed E-state index contributed by atoms with van der Waals surface area (Å²) in [6.45, 7) is 4.92. The molecule has 0 fully saturated rings. The Morgan fingerprint density at radius 2 is 1.88 bits per heavy atom. The second-order valence-electron chi connectivity index (χ2n) is 6.84. The first-order valence-corrected chi connectivity index (χ1v) is 10.1. The summed E-state index contributed by atoms with van der Waals surface area (Å²) in [5.41, 5.74) is 7.08. The van der Waals surface area contributed by atoms with E-state index in [0.717, 1.165) is 5.56 Å². The van der Waals surface area contributed by atoms with Crippen molar-refractivity contribution in [3.63, 3.8) is 0 Å². The van der Waals surface area contributed by atoms with E-state index in [1.54, 1.807) is 39.0 Å². The fourth-order valence-electron chi connectivity index (χ4n) is 2.20. The van der Waals surface area contributed by atoms with Crippen LogP contribution in [0.2, 0.25) is 10.3 Å². The Hall–Kier alpha value is -1.70. The van der Waals surface area contributed by atoms with Crippen LogP contribution in [0.4, 0.5) is 0 Å². The van der Waals surface area contributed by atoms with Gasteiger partial charge in [-0.1, -0.05) is 23.7 Å². The van der Waals surface area contributed by atoms with Crippen LogP contribution in [-0.2, 0) is 22.0 Å². The average molecular weight is 416 g/mol. The Morgan fingerprint density at radius 3 is 2.46 bits per heavy atom. The van der Waals surface area contributed by atoms with E-state index in [-0.39, 0.29) is 23.0 Å². The lowest BCUT2D eigenvalue weighted by molar-refractivity contribution is 0.0998. The first-order valence-electron chi connectivity index (χ1n) is 7.71. The van der Waals surface area contributed by atoms with Crippen molar-refractivity contribution in [1.82, 2.24) is 9.97 Å². The number of aromatic nitrogens is 2. The Bertz CT molecular complexity index is 954. The molecule has 0 aliphatic rings. The number of halogens is 2. The number of nitrogens with zero attached hydrogens (tertiary/aromatic N) is 2. The van der Waals surface area contributed by atoms with Crippen LogP contribution < -0.4 is 5.73 Å². The van der Waals surface area contributed by atoms with Gasteiger partial charge >= 0.3 is 0 Å². The van der Waals surface area contributed by atoms with E-state index in [2.05, 4.69) is 9.97 Å². The lowest BCUT2D eigenvalue weighted by Gasteiger charge is -2.20. The first kappa shape index (κ1) is 20.6. The zero-order valence-corrected chi connectivity index (χ0v) is 16.9. The maximum Gasteiger partial charge on any atom is 0.252 e. The minimum Gasteiger partial charge on any atom is -0.365 e. The molecular formula is C17H19Cl2N3O3S. The molecule has 0 saturated carbocycles. The summed E-state index contributed by atoms with van der Waals surface area (Å²) in [5, 5.41) is 0.354. The van der Waals surface area contributed by atoms with Gasteiger partial charge in [0.1, 0.15) is 0 Å². The number of sulfone groups is 1. The van der Waals surface area contributed by atoms with Crippen LogP contribution in [-0.4, -0.2) is 29.0 Å². The van der Waals surface area contributed by atoms with Crippen molar-refractivity contribution in [3.8, 4) is 0 Å². The monoisotopic (exact) mass is 415 g/mol. The second-order valence-corrected chi connectivity index (χ2v) is 10.3. The summed E-state index contributed by atoms with van der Waals surface area (Å²) in [6, 6.07) is 5.04. The van der Waals surface area contributed by atoms with Gasteiger partial charge in [-0.25, -0.2) is 18.4 Å². The average Bonchev–Trinajstić information content (AvgIpc) is 2.49. The normalized spacial score (nSPS) is 12.2. The molecule has 0 saturated heterocycles. The molecule has 0 unspecified atom stereocenters. The van der Waals surface area contributed by atoms with E-state index in [0.29, 0.717) is 16.3 Å². The van der Waals surface area contributed by atoms with Gasteiger partial charge in [-0.05, 0) is 49.6 Å². The highest BCUT2D eigenvalue weighted by atomic mass is 35.5. The smallest absolute Gasteiger partial charge is 0.252 e. The summed E-state index contributed by atoms with van der Waals surface area (Å²) >= 11 is 12.0. The number of nitrogens with two attached hydrogens (primary N) is 1. The predicted molar refractivity (Wildman–Crippen MR) is 102 cm³/mol. The van der Waals surface area contributed by atoms with Crippen LogP contribution in [0.5, 0.6) is 0 Å². The van der Waals surface area contributed by atoms with Crippen LogP contribution in [0.3, 0.4) is 0 Å². The van der Waals surface area contributed by atoms with Crippen LogP contribution in [0.1, 0.15) is 48.0 Å². The highest BCUT2D eigenvalue weighted by molar-refractivity contribution is 7.91. The summed E-state index contributed by atoms with van der Waals surface area (Å²) < 4.78 is 24.0. The summed E-state index contributed by atoms with van der Waals surface area (Å²) in [7, 11) is -3.40. The first-order chi connectivity index (χ1) is 11.9. The molecule has 0 atom stereocenters. The molecule has 1 heterocycles. The number of benzene rings is 1. The van der Waals surface area contributed by atoms with E-state index >= 15 is 0 Å². The minimum atomic E-state index is -3.40. The molecule has 1 aromatic heterocycles. The maximum absolute atomic E-state index is 12.5. The number of hydrogen-bond donors (Lipinski definition) is 1. The highest BCUT2D eigenvalue weighted by Gasteiger charge is 2.29. The Kier molecular flexibility index (Phi) is 5.95. The molecule has 1 aromatic carbocycles. The summed E-state index contributed by atoms with van der Waals surface area (Å²) in [5.74, 6) is -0.850. The van der Waals surface area contributed by atoms with Gasteiger partial charge in [0.2, 0.25) is 5.28 Å². The van der Waals surface area contributed by atoms with Crippen LogP contribution in [0.25, 0.3) is 0 Å². The standard InChI is InChI=1S/C17H19Cl2N3O3S/c1-17(2,3)26(24,25)9-11-6-10(4-5-13(11)18)7-14-12(15(20)23)8-21-16(19)22-14/h4-6,8H,7,9H2,1-3H3,(H2,20,23). The van der Waals surface area contributed by atoms with Gasteiger partial charge in [0.25, 0.3) is 5.91 Å². The molecule has 0 aliphatic heterocycles. The quantitative estimate of drug-likeness (QED) is 0.754. The van der Waals surface area contributed by atoms with Crippen LogP contribution in [0.15, 0.2) is 24.4 Å². The number of carbonyl (C=O) groups is 1. The van der Waals surface area contributed by atoms with Crippen LogP contribution in [0, 0.1) is 0 Å². The lowest BCUT2D eigenvalue weighted by atomic mass is 10.0. The van der Waals surface area contributed by atoms with Crippen molar-refractivity contribution in [2.45, 2.75) is 37.7 Å². The topological polar surface area (TPSA) is 103 Å². The molecule has 2 rings (SSSR count). The molecule has 26 heavy (non-hydrogen) atoms. The fourth-order valence-corrected chi connectivity index (χ4v) is 3.69. The highest BCUT2D eigenvalue weighted by Crippen LogP contribution is 2.26. The Labute approximate surface area is 162 Å². The third-order valence-corrected chi connectivity index (χ3v) is 6.97. The Morgan fingerprint density at radius 1 is 1.23 bits per heavy atom. The molecule has 2 aromatic rings. The summed E-state index contributed by atoms with van der Waals surface area (Å²) in [6.07, 6.45) is 1.51. The number of rotatable bonds is 5. The van der Waals surface area contributed by atoms with Gasteiger partial charge in [-0.15, -0.1) is 0 Å². The molecule has 0 radical (unpaired) electrons. The van der Waals surface area contributed by atoms with Crippen molar-refractivity contribution >= 4 is 38.9 Å². The predicted octanol–water partition coefficient (Wildman–Crippen LogP) is 3.19.